The van der Waals surface area contributed by atoms with Crippen LogP contribution in [-0.2, 0) is 10.9 Å². The molecule has 3 N–H and O–H groups in total. The Bertz CT molecular complexity index is 1260. The summed E-state index contributed by atoms with van der Waals surface area (Å²) in [6, 6.07) is 8.90. The topological polar surface area (TPSA) is 109 Å². The molecule has 0 spiro atoms. The molecule has 1 aromatic carbocycles. The van der Waals surface area contributed by atoms with Gasteiger partial charge in [-0.25, -0.2) is 0 Å². The molecule has 1 aliphatic heterocycles. The van der Waals surface area contributed by atoms with Crippen molar-refractivity contribution in [3.63, 3.8) is 0 Å². The highest BCUT2D eigenvalue weighted by molar-refractivity contribution is 6.04. The number of nitrogens with zero attached hydrogens (tertiary/aromatic N) is 3. The van der Waals surface area contributed by atoms with E-state index in [4.69, 9.17) is 4.74 Å². The molecule has 1 fully saturated rings. The number of hydrogen-bond donors (Lipinski definition) is 3. The lowest BCUT2D eigenvalue weighted by Gasteiger charge is -2.25. The maximum absolute atomic E-state index is 13.0. The number of pyridine rings is 1. The van der Waals surface area contributed by atoms with Crippen LogP contribution in [0.25, 0.3) is 11.3 Å². The Morgan fingerprint density at radius 3 is 2.62 bits per heavy atom. The zero-order valence-electron chi connectivity index (χ0n) is 20.5. The fraction of sp³-hybridized carbons (Fsp3) is 0.385. The molecule has 0 aliphatic carbocycles. The highest BCUT2D eigenvalue weighted by Crippen LogP contribution is 2.35. The molecule has 11 heteroatoms. The number of carbonyl (C=O) groups is 1. The van der Waals surface area contributed by atoms with Gasteiger partial charge in [0.25, 0.3) is 5.91 Å². The number of aliphatic hydroxyl groups excluding tert-OH is 1. The minimum atomic E-state index is -4.65. The van der Waals surface area contributed by atoms with Crippen molar-refractivity contribution < 1.29 is 27.8 Å². The molecule has 8 nitrogen and oxygen atoms in total. The monoisotopic (exact) mass is 515 g/mol. The van der Waals surface area contributed by atoms with Crippen molar-refractivity contribution in [3.8, 4) is 11.3 Å². The molecular weight excluding hydrogens is 487 g/mol. The molecule has 0 radical (unpaired) electrons. The van der Waals surface area contributed by atoms with Crippen molar-refractivity contribution in [2.75, 3.05) is 30.5 Å². The van der Waals surface area contributed by atoms with E-state index in [0.717, 1.165) is 41.8 Å². The molecule has 1 saturated heterocycles. The fourth-order valence-electron chi connectivity index (χ4n) is 4.15. The van der Waals surface area contributed by atoms with Gasteiger partial charge in [-0.1, -0.05) is 6.07 Å². The van der Waals surface area contributed by atoms with Crippen LogP contribution in [0.1, 0.15) is 52.9 Å². The van der Waals surface area contributed by atoms with Crippen LogP contribution in [0.5, 0.6) is 0 Å². The second kappa shape index (κ2) is 11.2. The van der Waals surface area contributed by atoms with E-state index in [1.807, 2.05) is 19.9 Å². The first-order valence-corrected chi connectivity index (χ1v) is 11.9. The molecule has 1 amide bonds. The summed E-state index contributed by atoms with van der Waals surface area (Å²) in [6.07, 6.45) is -2.04. The molecule has 37 heavy (non-hydrogen) atoms. The Hall–Kier alpha value is -3.57. The Morgan fingerprint density at radius 2 is 1.92 bits per heavy atom. The van der Waals surface area contributed by atoms with Crippen LogP contribution in [0.15, 0.2) is 42.6 Å². The number of amides is 1. The maximum Gasteiger partial charge on any atom is 0.433 e. The van der Waals surface area contributed by atoms with Gasteiger partial charge in [-0.15, -0.1) is 10.2 Å². The van der Waals surface area contributed by atoms with Gasteiger partial charge in [-0.3, -0.25) is 9.78 Å². The third-order valence-corrected chi connectivity index (χ3v) is 6.23. The number of nitrogens with one attached hydrogen (secondary N) is 2. The first kappa shape index (κ1) is 26.5. The summed E-state index contributed by atoms with van der Waals surface area (Å²) in [7, 11) is 0. The number of aliphatic hydroxyl groups is 1. The third kappa shape index (κ3) is 6.41. The van der Waals surface area contributed by atoms with Gasteiger partial charge in [0.05, 0.1) is 12.3 Å². The highest BCUT2D eigenvalue weighted by atomic mass is 19.4. The highest BCUT2D eigenvalue weighted by Gasteiger charge is 2.33. The normalized spacial score (nSPS) is 15.3. The number of halogens is 3. The Labute approximate surface area is 212 Å². The Balaban J connectivity index is 1.64. The minimum absolute atomic E-state index is 0.0561. The van der Waals surface area contributed by atoms with Gasteiger partial charge in [0.2, 0.25) is 0 Å². The molecule has 3 aromatic rings. The van der Waals surface area contributed by atoms with E-state index in [2.05, 4.69) is 25.8 Å². The SMILES string of the molecule is Cc1ccc(NC(=O)c2ccnc(C(F)(F)F)c2)cc1-c1cc(C2CCOCC2)c(N[C@H](C)CO)nn1. The average Bonchev–Trinajstić information content (AvgIpc) is 2.90. The zero-order valence-corrected chi connectivity index (χ0v) is 20.5. The van der Waals surface area contributed by atoms with E-state index < -0.39 is 17.8 Å². The number of hydrogen-bond acceptors (Lipinski definition) is 7. The van der Waals surface area contributed by atoms with Crippen LogP contribution >= 0.6 is 0 Å². The summed E-state index contributed by atoms with van der Waals surface area (Å²) >= 11 is 0. The summed E-state index contributed by atoms with van der Waals surface area (Å²) in [6.45, 7) is 4.97. The van der Waals surface area contributed by atoms with Crippen LogP contribution in [0.4, 0.5) is 24.7 Å². The van der Waals surface area contributed by atoms with Gasteiger partial charge in [-0.2, -0.15) is 13.2 Å². The van der Waals surface area contributed by atoms with E-state index >= 15 is 0 Å². The van der Waals surface area contributed by atoms with Crippen molar-refractivity contribution in [3.05, 3.63) is 65.0 Å². The largest absolute Gasteiger partial charge is 0.433 e. The van der Waals surface area contributed by atoms with E-state index in [-0.39, 0.29) is 24.1 Å². The van der Waals surface area contributed by atoms with Crippen molar-refractivity contribution in [1.29, 1.82) is 0 Å². The van der Waals surface area contributed by atoms with Gasteiger partial charge in [0.1, 0.15) is 5.69 Å². The molecule has 3 heterocycles. The van der Waals surface area contributed by atoms with Crippen molar-refractivity contribution in [1.82, 2.24) is 15.2 Å². The van der Waals surface area contributed by atoms with Crippen LogP contribution in [0, 0.1) is 6.92 Å². The number of ether oxygens (including phenoxy) is 1. The van der Waals surface area contributed by atoms with Gasteiger partial charge in [0, 0.05) is 47.8 Å². The number of aryl methyl sites for hydroxylation is 1. The molecule has 196 valence electrons. The smallest absolute Gasteiger partial charge is 0.394 e. The van der Waals surface area contributed by atoms with Crippen molar-refractivity contribution >= 4 is 17.4 Å². The standard InChI is InChI=1S/C26H28F3N5O3/c1-15-3-4-19(32-25(36)18-5-8-30-23(11-18)26(27,28)29)12-20(15)22-13-21(17-6-9-37-10-7-17)24(34-33-22)31-16(2)14-35/h3-5,8,11-13,16-17,35H,6-7,9-10,14H2,1-2H3,(H,31,34)(H,32,36)/t16-/m1/s1. The van der Waals surface area contributed by atoms with Gasteiger partial charge in [-0.05, 0) is 68.5 Å². The quantitative estimate of drug-likeness (QED) is 0.415. The van der Waals surface area contributed by atoms with Crippen LogP contribution in [0.2, 0.25) is 0 Å². The molecule has 1 aliphatic rings. The van der Waals surface area contributed by atoms with E-state index in [1.54, 1.807) is 18.2 Å². The summed E-state index contributed by atoms with van der Waals surface area (Å²) in [5.41, 5.74) is 2.30. The molecule has 0 unspecified atom stereocenters. The molecule has 0 saturated carbocycles. The lowest BCUT2D eigenvalue weighted by Crippen LogP contribution is -2.23. The van der Waals surface area contributed by atoms with E-state index in [0.29, 0.717) is 30.4 Å². The predicted octanol–water partition coefficient (Wildman–Crippen LogP) is 4.80. The summed E-state index contributed by atoms with van der Waals surface area (Å²) in [5.74, 6) is 0.126. The number of rotatable bonds is 7. The molecule has 0 bridgehead atoms. The van der Waals surface area contributed by atoms with Gasteiger partial charge >= 0.3 is 6.18 Å². The minimum Gasteiger partial charge on any atom is -0.394 e. The molecule has 4 rings (SSSR count). The lowest BCUT2D eigenvalue weighted by atomic mass is 9.90. The van der Waals surface area contributed by atoms with Gasteiger partial charge < -0.3 is 20.5 Å². The molecule has 2 aromatic heterocycles. The van der Waals surface area contributed by atoms with Crippen molar-refractivity contribution in [2.24, 2.45) is 0 Å². The first-order valence-electron chi connectivity index (χ1n) is 11.9. The van der Waals surface area contributed by atoms with Crippen LogP contribution < -0.4 is 10.6 Å². The Kier molecular flexibility index (Phi) is 8.03. The summed E-state index contributed by atoms with van der Waals surface area (Å²) in [5, 5.41) is 24.2. The average molecular weight is 516 g/mol. The maximum atomic E-state index is 13.0. The number of aromatic nitrogens is 3. The zero-order chi connectivity index (χ0) is 26.6. The molecular formula is C26H28F3N5O3. The second-order valence-electron chi connectivity index (χ2n) is 9.06. The number of carbonyl (C=O) groups excluding carboxylic acids is 1. The third-order valence-electron chi connectivity index (χ3n) is 6.23. The number of anilines is 2. The van der Waals surface area contributed by atoms with Gasteiger partial charge in [0.15, 0.2) is 5.82 Å². The predicted molar refractivity (Wildman–Crippen MR) is 132 cm³/mol. The molecule has 1 atom stereocenters. The fourth-order valence-corrected chi connectivity index (χ4v) is 4.15. The lowest BCUT2D eigenvalue weighted by molar-refractivity contribution is -0.141. The number of benzene rings is 1. The summed E-state index contributed by atoms with van der Waals surface area (Å²) < 4.78 is 44.5. The van der Waals surface area contributed by atoms with Crippen LogP contribution in [-0.4, -0.2) is 52.1 Å². The second-order valence-corrected chi connectivity index (χ2v) is 9.06. The van der Waals surface area contributed by atoms with E-state index in [9.17, 15) is 23.1 Å². The van der Waals surface area contributed by atoms with E-state index in [1.165, 1.54) is 6.07 Å². The van der Waals surface area contributed by atoms with Crippen LogP contribution in [0.3, 0.4) is 0 Å². The first-order chi connectivity index (χ1) is 17.7. The number of alkyl halides is 3. The van der Waals surface area contributed by atoms with Crippen molar-refractivity contribution in [2.45, 2.75) is 44.8 Å². The Morgan fingerprint density at radius 1 is 1.16 bits per heavy atom. The summed E-state index contributed by atoms with van der Waals surface area (Å²) in [4.78, 5) is 16.0.